The fourth-order valence-corrected chi connectivity index (χ4v) is 2.56. The lowest BCUT2D eigenvalue weighted by atomic mass is 10.1. The number of hydrogen-bond acceptors (Lipinski definition) is 3. The summed E-state index contributed by atoms with van der Waals surface area (Å²) in [6, 6.07) is 18.3. The van der Waals surface area contributed by atoms with E-state index >= 15 is 0 Å². The summed E-state index contributed by atoms with van der Waals surface area (Å²) in [5, 5.41) is 0. The van der Waals surface area contributed by atoms with Gasteiger partial charge < -0.3 is 9.64 Å². The van der Waals surface area contributed by atoms with Crippen molar-refractivity contribution in [2.45, 2.75) is 0 Å². The maximum Gasteiger partial charge on any atom is 0.255 e. The predicted molar refractivity (Wildman–Crippen MR) is 102 cm³/mol. The lowest BCUT2D eigenvalue weighted by molar-refractivity contribution is -0.844. The number of ether oxygens (including phenoxy) is 1. The van der Waals surface area contributed by atoms with Crippen LogP contribution in [-0.4, -0.2) is 21.2 Å². The van der Waals surface area contributed by atoms with E-state index in [9.17, 15) is 0 Å². The number of nitrogens with zero attached hydrogens (tertiary/aromatic N) is 2. The minimum absolute atomic E-state index is 0.827. The SMILES string of the molecule is COc1ccc(-c2cc(/C=C/c3ccc(N(C)C)cc3)[n+](C)o2)cc1. The van der Waals surface area contributed by atoms with Gasteiger partial charge in [-0.2, -0.15) is 0 Å². The highest BCUT2D eigenvalue weighted by atomic mass is 16.5. The fourth-order valence-electron chi connectivity index (χ4n) is 2.56. The van der Waals surface area contributed by atoms with E-state index in [1.54, 1.807) is 11.8 Å². The van der Waals surface area contributed by atoms with E-state index in [4.69, 9.17) is 9.26 Å². The third-order valence-electron chi connectivity index (χ3n) is 4.11. The molecule has 0 bridgehead atoms. The lowest BCUT2D eigenvalue weighted by Gasteiger charge is -2.11. The molecule has 4 heteroatoms. The minimum Gasteiger partial charge on any atom is -0.497 e. The topological polar surface area (TPSA) is 29.5 Å². The van der Waals surface area contributed by atoms with E-state index in [0.29, 0.717) is 0 Å². The Morgan fingerprint density at radius 2 is 1.64 bits per heavy atom. The molecule has 1 heterocycles. The molecular weight excluding hydrogens is 312 g/mol. The van der Waals surface area contributed by atoms with Gasteiger partial charge in [0, 0.05) is 31.4 Å². The van der Waals surface area contributed by atoms with E-state index in [1.165, 1.54) is 5.69 Å². The van der Waals surface area contributed by atoms with Gasteiger partial charge in [0.25, 0.3) is 5.69 Å². The van der Waals surface area contributed by atoms with Crippen LogP contribution in [0.5, 0.6) is 5.75 Å². The maximum absolute atomic E-state index is 5.83. The second-order valence-electron chi connectivity index (χ2n) is 6.07. The van der Waals surface area contributed by atoms with Crippen LogP contribution in [0, 0.1) is 0 Å². The van der Waals surface area contributed by atoms with Crippen LogP contribution in [-0.2, 0) is 7.05 Å². The molecule has 0 aliphatic heterocycles. The van der Waals surface area contributed by atoms with Crippen LogP contribution in [0.1, 0.15) is 11.3 Å². The van der Waals surface area contributed by atoms with Crippen molar-refractivity contribution in [1.29, 1.82) is 0 Å². The van der Waals surface area contributed by atoms with Crippen molar-refractivity contribution in [3.63, 3.8) is 0 Å². The molecule has 25 heavy (non-hydrogen) atoms. The molecule has 0 N–H and O–H groups in total. The van der Waals surface area contributed by atoms with Crippen LogP contribution in [0.25, 0.3) is 23.5 Å². The second kappa shape index (κ2) is 7.26. The summed E-state index contributed by atoms with van der Waals surface area (Å²) < 4.78 is 12.8. The molecule has 0 aliphatic rings. The molecule has 0 unspecified atom stereocenters. The van der Waals surface area contributed by atoms with Gasteiger partial charge in [-0.05, 0) is 52.8 Å². The smallest absolute Gasteiger partial charge is 0.255 e. The van der Waals surface area contributed by atoms with Crippen LogP contribution in [0.3, 0.4) is 0 Å². The first-order chi connectivity index (χ1) is 12.1. The molecule has 0 saturated heterocycles. The first kappa shape index (κ1) is 16.8. The molecular formula is C21H23N2O2+. The first-order valence-electron chi connectivity index (χ1n) is 8.17. The van der Waals surface area contributed by atoms with E-state index in [2.05, 4.69) is 41.3 Å². The number of aryl methyl sites for hydroxylation is 1. The van der Waals surface area contributed by atoms with E-state index in [1.807, 2.05) is 51.5 Å². The highest BCUT2D eigenvalue weighted by Crippen LogP contribution is 2.23. The zero-order valence-electron chi connectivity index (χ0n) is 15.1. The van der Waals surface area contributed by atoms with Crippen molar-refractivity contribution in [3.05, 3.63) is 65.9 Å². The highest BCUT2D eigenvalue weighted by Gasteiger charge is 2.14. The molecule has 1 aromatic heterocycles. The average Bonchev–Trinajstić information content (AvgIpc) is 3.01. The van der Waals surface area contributed by atoms with E-state index in [-0.39, 0.29) is 0 Å². The highest BCUT2D eigenvalue weighted by molar-refractivity contribution is 5.70. The molecule has 2 aromatic carbocycles. The van der Waals surface area contributed by atoms with Crippen LogP contribution in [0.2, 0.25) is 0 Å². The summed E-state index contributed by atoms with van der Waals surface area (Å²) in [5.74, 6) is 1.66. The van der Waals surface area contributed by atoms with Crippen LogP contribution >= 0.6 is 0 Å². The van der Waals surface area contributed by atoms with Crippen LogP contribution < -0.4 is 14.4 Å². The minimum atomic E-state index is 0.827. The Morgan fingerprint density at radius 3 is 2.24 bits per heavy atom. The number of rotatable bonds is 5. The summed E-state index contributed by atoms with van der Waals surface area (Å²) in [6.07, 6.45) is 4.14. The molecule has 0 saturated carbocycles. The van der Waals surface area contributed by atoms with Gasteiger partial charge in [0.2, 0.25) is 5.76 Å². The van der Waals surface area contributed by atoms with Gasteiger partial charge >= 0.3 is 0 Å². The summed E-state index contributed by atoms with van der Waals surface area (Å²) >= 11 is 0. The molecule has 0 atom stereocenters. The van der Waals surface area contributed by atoms with Crippen LogP contribution in [0.4, 0.5) is 5.69 Å². The van der Waals surface area contributed by atoms with Crippen molar-refractivity contribution in [1.82, 2.24) is 0 Å². The quantitative estimate of drug-likeness (QED) is 0.660. The van der Waals surface area contributed by atoms with Crippen LogP contribution in [0.15, 0.2) is 59.1 Å². The summed E-state index contributed by atoms with van der Waals surface area (Å²) in [6.45, 7) is 0. The Bertz CT molecular complexity index is 860. The maximum atomic E-state index is 5.83. The molecule has 0 fully saturated rings. The van der Waals surface area contributed by atoms with Crippen molar-refractivity contribution >= 4 is 17.8 Å². The van der Waals surface area contributed by atoms with Crippen molar-refractivity contribution < 1.29 is 14.0 Å². The summed E-state index contributed by atoms with van der Waals surface area (Å²) in [7, 11) is 7.64. The molecule has 0 spiro atoms. The largest absolute Gasteiger partial charge is 0.497 e. The van der Waals surface area contributed by atoms with Crippen molar-refractivity contribution in [2.75, 3.05) is 26.1 Å². The number of methoxy groups -OCH3 is 1. The Balaban J connectivity index is 1.79. The first-order valence-corrected chi connectivity index (χ1v) is 8.17. The van der Waals surface area contributed by atoms with Gasteiger partial charge in [-0.15, -0.1) is 0 Å². The lowest BCUT2D eigenvalue weighted by Crippen LogP contribution is -2.27. The Kier molecular flexibility index (Phi) is 4.89. The predicted octanol–water partition coefficient (Wildman–Crippen LogP) is 4.02. The van der Waals surface area contributed by atoms with Gasteiger partial charge in [0.05, 0.1) is 13.2 Å². The van der Waals surface area contributed by atoms with Crippen molar-refractivity contribution in [3.8, 4) is 17.1 Å². The monoisotopic (exact) mass is 335 g/mol. The molecule has 0 radical (unpaired) electrons. The molecule has 4 nitrogen and oxygen atoms in total. The number of aromatic nitrogens is 1. The Hall–Kier alpha value is -3.01. The zero-order valence-corrected chi connectivity index (χ0v) is 15.1. The Morgan fingerprint density at radius 1 is 0.960 bits per heavy atom. The van der Waals surface area contributed by atoms with Gasteiger partial charge in [-0.1, -0.05) is 12.1 Å². The Labute approximate surface area is 148 Å². The average molecular weight is 335 g/mol. The van der Waals surface area contributed by atoms with Gasteiger partial charge in [-0.3, -0.25) is 0 Å². The number of benzene rings is 2. The number of hydrogen-bond donors (Lipinski definition) is 0. The fraction of sp³-hybridized carbons (Fsp3) is 0.190. The van der Waals surface area contributed by atoms with Gasteiger partial charge in [0.15, 0.2) is 7.05 Å². The molecule has 3 aromatic rings. The molecule has 3 rings (SSSR count). The van der Waals surface area contributed by atoms with Gasteiger partial charge in [0.1, 0.15) is 5.75 Å². The normalized spacial score (nSPS) is 11.0. The van der Waals surface area contributed by atoms with Gasteiger partial charge in [-0.25, -0.2) is 4.52 Å². The third-order valence-corrected chi connectivity index (χ3v) is 4.11. The summed E-state index contributed by atoms with van der Waals surface area (Å²) in [5.41, 5.74) is 4.36. The standard InChI is InChI=1S/C21H23N2O2/c1-22(2)18-10-5-16(6-11-18)7-12-19-15-21(25-23(19)3)17-8-13-20(24-4)14-9-17/h5-15H,1-4H3/q+1. The van der Waals surface area contributed by atoms with E-state index in [0.717, 1.165) is 28.3 Å². The third kappa shape index (κ3) is 3.91. The van der Waals surface area contributed by atoms with E-state index < -0.39 is 0 Å². The number of anilines is 1. The molecule has 0 aliphatic carbocycles. The second-order valence-corrected chi connectivity index (χ2v) is 6.07. The zero-order chi connectivity index (χ0) is 17.8. The molecule has 0 amide bonds. The summed E-state index contributed by atoms with van der Waals surface area (Å²) in [4.78, 5) is 2.09. The van der Waals surface area contributed by atoms with Crippen molar-refractivity contribution in [2.24, 2.45) is 7.05 Å². The molecule has 128 valence electrons.